The van der Waals surface area contributed by atoms with Crippen LogP contribution >= 0.6 is 0 Å². The van der Waals surface area contributed by atoms with Gasteiger partial charge < -0.3 is 20.6 Å². The minimum atomic E-state index is -1.11. The van der Waals surface area contributed by atoms with Gasteiger partial charge in [-0.05, 0) is 19.2 Å². The van der Waals surface area contributed by atoms with Crippen molar-refractivity contribution in [3.05, 3.63) is 23.5 Å². The maximum Gasteiger partial charge on any atom is 0.206 e. The molecule has 0 bridgehead atoms. The average Bonchev–Trinajstić information content (AvgIpc) is 2.15. The molecule has 0 aliphatic heterocycles. The van der Waals surface area contributed by atoms with Crippen molar-refractivity contribution in [3.63, 3.8) is 0 Å². The quantitative estimate of drug-likeness (QED) is 0.574. The van der Waals surface area contributed by atoms with Crippen LogP contribution in [0, 0.1) is 5.82 Å². The van der Waals surface area contributed by atoms with Gasteiger partial charge in [-0.15, -0.1) is 0 Å². The average molecular weight is 201 g/mol. The van der Waals surface area contributed by atoms with Crippen molar-refractivity contribution in [1.29, 1.82) is 0 Å². The molecule has 0 aliphatic rings. The summed E-state index contributed by atoms with van der Waals surface area (Å²) in [5.41, 5.74) is 0.0506. The molecule has 0 fully saturated rings. The number of aromatic hydroxyl groups is 2. The molecule has 0 heterocycles. The molecule has 0 amide bonds. The second-order valence-corrected chi connectivity index (χ2v) is 2.91. The molecular formula is C9H12FNO3. The highest BCUT2D eigenvalue weighted by molar-refractivity contribution is 5.42. The Morgan fingerprint density at radius 3 is 2.64 bits per heavy atom. The fourth-order valence-electron chi connectivity index (χ4n) is 1.14. The van der Waals surface area contributed by atoms with Crippen LogP contribution in [0.15, 0.2) is 12.1 Å². The van der Waals surface area contributed by atoms with Crippen molar-refractivity contribution >= 4 is 0 Å². The van der Waals surface area contributed by atoms with Gasteiger partial charge in [0.1, 0.15) is 0 Å². The molecule has 1 rings (SSSR count). The molecule has 0 saturated heterocycles. The third kappa shape index (κ3) is 1.94. The van der Waals surface area contributed by atoms with Crippen molar-refractivity contribution in [2.24, 2.45) is 0 Å². The van der Waals surface area contributed by atoms with Crippen molar-refractivity contribution in [2.75, 3.05) is 13.6 Å². The van der Waals surface area contributed by atoms with Gasteiger partial charge in [-0.2, -0.15) is 4.39 Å². The lowest BCUT2D eigenvalue weighted by molar-refractivity contribution is 0.172. The van der Waals surface area contributed by atoms with Gasteiger partial charge in [0, 0.05) is 12.1 Å². The molecule has 0 aromatic heterocycles. The first-order chi connectivity index (χ1) is 6.57. The van der Waals surface area contributed by atoms with E-state index < -0.39 is 23.4 Å². The summed E-state index contributed by atoms with van der Waals surface area (Å²) >= 11 is 0. The molecule has 5 heteroatoms. The minimum absolute atomic E-state index is 0.0506. The first-order valence-electron chi connectivity index (χ1n) is 4.11. The molecule has 14 heavy (non-hydrogen) atoms. The highest BCUT2D eigenvalue weighted by Crippen LogP contribution is 2.31. The van der Waals surface area contributed by atoms with Crippen LogP contribution in [-0.2, 0) is 0 Å². The largest absolute Gasteiger partial charge is 0.505 e. The number of benzene rings is 1. The van der Waals surface area contributed by atoms with Gasteiger partial charge in [-0.25, -0.2) is 0 Å². The Morgan fingerprint density at radius 2 is 2.07 bits per heavy atom. The zero-order valence-corrected chi connectivity index (χ0v) is 7.66. The van der Waals surface area contributed by atoms with Gasteiger partial charge in [-0.1, -0.05) is 0 Å². The smallest absolute Gasteiger partial charge is 0.206 e. The summed E-state index contributed by atoms with van der Waals surface area (Å²) in [4.78, 5) is 0. The van der Waals surface area contributed by atoms with E-state index in [9.17, 15) is 14.6 Å². The molecule has 0 radical (unpaired) electrons. The summed E-state index contributed by atoms with van der Waals surface area (Å²) in [5, 5.41) is 30.3. The summed E-state index contributed by atoms with van der Waals surface area (Å²) in [6.07, 6.45) is -1.00. The number of aliphatic hydroxyl groups excluding tert-OH is 1. The third-order valence-electron chi connectivity index (χ3n) is 1.88. The number of phenolic OH excluding ortho intramolecular Hbond substituents is 2. The van der Waals surface area contributed by atoms with Crippen LogP contribution in [0.1, 0.15) is 11.7 Å². The second kappa shape index (κ2) is 4.26. The van der Waals surface area contributed by atoms with Gasteiger partial charge in [0.2, 0.25) is 5.82 Å². The Bertz CT molecular complexity index is 330. The van der Waals surface area contributed by atoms with Crippen LogP contribution < -0.4 is 5.32 Å². The number of halogens is 1. The zero-order chi connectivity index (χ0) is 10.7. The topological polar surface area (TPSA) is 72.7 Å². The van der Waals surface area contributed by atoms with E-state index in [1.54, 1.807) is 7.05 Å². The second-order valence-electron chi connectivity index (χ2n) is 2.91. The number of rotatable bonds is 3. The Kier molecular flexibility index (Phi) is 3.27. The third-order valence-corrected chi connectivity index (χ3v) is 1.88. The molecule has 78 valence electrons. The van der Waals surface area contributed by atoms with Gasteiger partial charge in [0.25, 0.3) is 0 Å². The lowest BCUT2D eigenvalue weighted by atomic mass is 10.1. The van der Waals surface area contributed by atoms with Gasteiger partial charge in [0.15, 0.2) is 11.5 Å². The lowest BCUT2D eigenvalue weighted by Gasteiger charge is -2.12. The lowest BCUT2D eigenvalue weighted by Crippen LogP contribution is -2.16. The van der Waals surface area contributed by atoms with Crippen molar-refractivity contribution in [1.82, 2.24) is 5.32 Å². The fourth-order valence-corrected chi connectivity index (χ4v) is 1.14. The van der Waals surface area contributed by atoms with E-state index in [1.807, 2.05) is 0 Å². The molecule has 1 unspecified atom stereocenters. The van der Waals surface area contributed by atoms with Gasteiger partial charge in [-0.3, -0.25) is 0 Å². The molecular weight excluding hydrogens is 189 g/mol. The normalized spacial score (nSPS) is 12.8. The van der Waals surface area contributed by atoms with Crippen LogP contribution in [0.3, 0.4) is 0 Å². The molecule has 1 atom stereocenters. The molecule has 4 nitrogen and oxygen atoms in total. The van der Waals surface area contributed by atoms with E-state index in [1.165, 1.54) is 6.07 Å². The van der Waals surface area contributed by atoms with Crippen LogP contribution in [0.2, 0.25) is 0 Å². The summed E-state index contributed by atoms with van der Waals surface area (Å²) in [6.45, 7) is 0.192. The van der Waals surface area contributed by atoms with E-state index in [0.717, 1.165) is 6.07 Å². The Morgan fingerprint density at radius 1 is 1.43 bits per heavy atom. The van der Waals surface area contributed by atoms with E-state index in [0.29, 0.717) is 0 Å². The first kappa shape index (κ1) is 10.7. The zero-order valence-electron chi connectivity index (χ0n) is 7.66. The van der Waals surface area contributed by atoms with Crippen molar-refractivity contribution in [3.8, 4) is 11.5 Å². The van der Waals surface area contributed by atoms with Crippen molar-refractivity contribution in [2.45, 2.75) is 6.10 Å². The monoisotopic (exact) mass is 201 g/mol. The van der Waals surface area contributed by atoms with E-state index >= 15 is 0 Å². The summed E-state index contributed by atoms with van der Waals surface area (Å²) < 4.78 is 13.0. The standard InChI is InChI=1S/C9H12FNO3/c1-11-4-7(13)5-2-3-6(12)8(10)9(5)14/h2-3,7,11-14H,4H2,1H3. The predicted molar refractivity (Wildman–Crippen MR) is 48.6 cm³/mol. The fraction of sp³-hybridized carbons (Fsp3) is 0.333. The number of nitrogens with one attached hydrogen (secondary N) is 1. The van der Waals surface area contributed by atoms with Crippen LogP contribution in [0.5, 0.6) is 11.5 Å². The van der Waals surface area contributed by atoms with Crippen molar-refractivity contribution < 1.29 is 19.7 Å². The minimum Gasteiger partial charge on any atom is -0.505 e. The molecule has 1 aromatic rings. The summed E-state index contributed by atoms with van der Waals surface area (Å²) in [6, 6.07) is 2.36. The maximum absolute atomic E-state index is 13.0. The summed E-state index contributed by atoms with van der Waals surface area (Å²) in [5.74, 6) is -2.46. The van der Waals surface area contributed by atoms with E-state index in [-0.39, 0.29) is 12.1 Å². The summed E-state index contributed by atoms with van der Waals surface area (Å²) in [7, 11) is 1.62. The number of likely N-dealkylation sites (N-methyl/N-ethyl adjacent to an activating group) is 1. The van der Waals surface area contributed by atoms with Crippen LogP contribution in [0.25, 0.3) is 0 Å². The molecule has 0 spiro atoms. The number of phenols is 2. The van der Waals surface area contributed by atoms with Gasteiger partial charge in [0.05, 0.1) is 6.10 Å². The van der Waals surface area contributed by atoms with Gasteiger partial charge >= 0.3 is 0 Å². The molecule has 0 aliphatic carbocycles. The highest BCUT2D eigenvalue weighted by Gasteiger charge is 2.17. The maximum atomic E-state index is 13.0. The number of hydrogen-bond donors (Lipinski definition) is 4. The molecule has 4 N–H and O–H groups in total. The Labute approximate surface area is 80.6 Å². The number of aliphatic hydroxyl groups is 1. The van der Waals surface area contributed by atoms with Crippen LogP contribution in [-0.4, -0.2) is 28.9 Å². The first-order valence-corrected chi connectivity index (χ1v) is 4.11. The number of hydrogen-bond acceptors (Lipinski definition) is 4. The molecule has 1 aromatic carbocycles. The van der Waals surface area contributed by atoms with E-state index in [2.05, 4.69) is 5.32 Å². The Balaban J connectivity index is 3.04. The Hall–Kier alpha value is -1.33. The SMILES string of the molecule is CNCC(O)c1ccc(O)c(F)c1O. The van der Waals surface area contributed by atoms with E-state index in [4.69, 9.17) is 5.11 Å². The highest BCUT2D eigenvalue weighted by atomic mass is 19.1. The molecule has 0 saturated carbocycles. The predicted octanol–water partition coefficient (Wildman–Crippen LogP) is 0.490. The van der Waals surface area contributed by atoms with Crippen LogP contribution in [0.4, 0.5) is 4.39 Å².